The van der Waals surface area contributed by atoms with E-state index in [0.29, 0.717) is 13.1 Å². The van der Waals surface area contributed by atoms with Crippen LogP contribution in [-0.2, 0) is 9.59 Å². The zero-order valence-corrected chi connectivity index (χ0v) is 11.8. The van der Waals surface area contributed by atoms with Gasteiger partial charge in [-0.1, -0.05) is 20.3 Å². The van der Waals surface area contributed by atoms with Crippen LogP contribution in [0.25, 0.3) is 0 Å². The molecule has 0 saturated carbocycles. The van der Waals surface area contributed by atoms with Gasteiger partial charge in [-0.15, -0.1) is 0 Å². The number of nitrogens with one attached hydrogen (secondary N) is 1. The molecule has 2 atom stereocenters. The minimum atomic E-state index is -0.764. The SMILES string of the molecule is CCCC1(C(=O)N2CC(C(C)C(=O)O)C2)CCCN1. The molecular formula is C14H24N2O3. The van der Waals surface area contributed by atoms with Crippen molar-refractivity contribution in [3.63, 3.8) is 0 Å². The molecular weight excluding hydrogens is 244 g/mol. The summed E-state index contributed by atoms with van der Waals surface area (Å²) < 4.78 is 0. The topological polar surface area (TPSA) is 69.6 Å². The van der Waals surface area contributed by atoms with Gasteiger partial charge in [0.2, 0.25) is 5.91 Å². The minimum absolute atomic E-state index is 0.113. The van der Waals surface area contributed by atoms with Crippen molar-refractivity contribution in [1.29, 1.82) is 0 Å². The molecule has 0 aliphatic carbocycles. The van der Waals surface area contributed by atoms with Crippen LogP contribution in [0.15, 0.2) is 0 Å². The molecule has 1 amide bonds. The number of nitrogens with zero attached hydrogens (tertiary/aromatic N) is 1. The van der Waals surface area contributed by atoms with Crippen molar-refractivity contribution in [3.8, 4) is 0 Å². The van der Waals surface area contributed by atoms with E-state index in [2.05, 4.69) is 12.2 Å². The van der Waals surface area contributed by atoms with Gasteiger partial charge in [0.1, 0.15) is 0 Å². The van der Waals surface area contributed by atoms with Crippen molar-refractivity contribution in [1.82, 2.24) is 10.2 Å². The van der Waals surface area contributed by atoms with Crippen molar-refractivity contribution < 1.29 is 14.7 Å². The Kier molecular flexibility index (Phi) is 4.13. The average molecular weight is 268 g/mol. The summed E-state index contributed by atoms with van der Waals surface area (Å²) in [7, 11) is 0. The molecule has 2 rings (SSSR count). The number of amides is 1. The Morgan fingerprint density at radius 2 is 2.16 bits per heavy atom. The second-order valence-corrected chi connectivity index (χ2v) is 5.96. The van der Waals surface area contributed by atoms with Gasteiger partial charge >= 0.3 is 5.97 Å². The molecule has 2 fully saturated rings. The van der Waals surface area contributed by atoms with E-state index in [0.717, 1.165) is 32.2 Å². The smallest absolute Gasteiger partial charge is 0.306 e. The first kappa shape index (κ1) is 14.3. The number of aliphatic carboxylic acids is 1. The molecule has 2 saturated heterocycles. The summed E-state index contributed by atoms with van der Waals surface area (Å²) in [6.45, 7) is 5.93. The molecule has 2 aliphatic rings. The Labute approximate surface area is 114 Å². The van der Waals surface area contributed by atoms with Crippen molar-refractivity contribution in [3.05, 3.63) is 0 Å². The highest BCUT2D eigenvalue weighted by Crippen LogP contribution is 2.32. The monoisotopic (exact) mass is 268 g/mol. The van der Waals surface area contributed by atoms with Gasteiger partial charge in [-0.2, -0.15) is 0 Å². The van der Waals surface area contributed by atoms with E-state index in [1.165, 1.54) is 0 Å². The second kappa shape index (κ2) is 5.49. The Hall–Kier alpha value is -1.10. The zero-order chi connectivity index (χ0) is 14.0. The lowest BCUT2D eigenvalue weighted by molar-refractivity contribution is -0.153. The molecule has 2 N–H and O–H groups in total. The molecule has 0 aromatic carbocycles. The molecule has 5 nitrogen and oxygen atoms in total. The van der Waals surface area contributed by atoms with E-state index in [1.807, 2.05) is 4.90 Å². The van der Waals surface area contributed by atoms with Crippen LogP contribution in [-0.4, -0.2) is 47.1 Å². The van der Waals surface area contributed by atoms with E-state index in [4.69, 9.17) is 5.11 Å². The van der Waals surface area contributed by atoms with Gasteiger partial charge in [0, 0.05) is 19.0 Å². The lowest BCUT2D eigenvalue weighted by Crippen LogP contribution is -2.62. The Balaban J connectivity index is 1.93. The van der Waals surface area contributed by atoms with Crippen LogP contribution in [0.3, 0.4) is 0 Å². The van der Waals surface area contributed by atoms with Crippen LogP contribution < -0.4 is 5.32 Å². The van der Waals surface area contributed by atoms with Gasteiger partial charge < -0.3 is 15.3 Å². The summed E-state index contributed by atoms with van der Waals surface area (Å²) in [5.74, 6) is -0.829. The zero-order valence-electron chi connectivity index (χ0n) is 11.8. The number of rotatable bonds is 5. The first-order valence-electron chi connectivity index (χ1n) is 7.27. The molecule has 0 spiro atoms. The Bertz CT molecular complexity index is 358. The number of carboxylic acid groups (broad SMARTS) is 1. The number of carboxylic acids is 1. The van der Waals surface area contributed by atoms with Gasteiger partial charge in [-0.05, 0) is 25.8 Å². The molecule has 0 bridgehead atoms. The number of likely N-dealkylation sites (tertiary alicyclic amines) is 1. The maximum atomic E-state index is 12.6. The standard InChI is InChI=1S/C14H24N2O3/c1-3-5-14(6-4-7-15-14)13(19)16-8-11(9-16)10(2)12(17)18/h10-11,15H,3-9H2,1-2H3,(H,17,18). The fraction of sp³-hybridized carbons (Fsp3) is 0.857. The normalized spacial score (nSPS) is 29.1. The third kappa shape index (κ3) is 2.61. The van der Waals surface area contributed by atoms with Crippen molar-refractivity contribution >= 4 is 11.9 Å². The minimum Gasteiger partial charge on any atom is -0.481 e. The van der Waals surface area contributed by atoms with Crippen molar-refractivity contribution in [2.24, 2.45) is 11.8 Å². The van der Waals surface area contributed by atoms with Crippen LogP contribution in [0.2, 0.25) is 0 Å². The average Bonchev–Trinajstić information content (AvgIpc) is 2.77. The van der Waals surface area contributed by atoms with E-state index < -0.39 is 5.97 Å². The summed E-state index contributed by atoms with van der Waals surface area (Å²) >= 11 is 0. The number of carbonyl (C=O) groups excluding carboxylic acids is 1. The van der Waals surface area contributed by atoms with Gasteiger partial charge in [-0.25, -0.2) is 0 Å². The molecule has 0 aromatic rings. The van der Waals surface area contributed by atoms with Crippen LogP contribution in [0.1, 0.15) is 39.5 Å². The Morgan fingerprint density at radius 3 is 2.63 bits per heavy atom. The Morgan fingerprint density at radius 1 is 1.47 bits per heavy atom. The van der Waals surface area contributed by atoms with E-state index in [1.54, 1.807) is 6.92 Å². The van der Waals surface area contributed by atoms with Gasteiger partial charge in [0.15, 0.2) is 0 Å². The summed E-state index contributed by atoms with van der Waals surface area (Å²) in [5.41, 5.74) is -0.369. The molecule has 0 radical (unpaired) electrons. The first-order chi connectivity index (χ1) is 9.00. The van der Waals surface area contributed by atoms with Gasteiger partial charge in [0.05, 0.1) is 11.5 Å². The van der Waals surface area contributed by atoms with Crippen LogP contribution >= 0.6 is 0 Å². The van der Waals surface area contributed by atoms with Crippen molar-refractivity contribution in [2.45, 2.75) is 45.1 Å². The molecule has 2 unspecified atom stereocenters. The van der Waals surface area contributed by atoms with E-state index >= 15 is 0 Å². The molecule has 2 aliphatic heterocycles. The largest absolute Gasteiger partial charge is 0.481 e. The maximum absolute atomic E-state index is 12.6. The summed E-state index contributed by atoms with van der Waals surface area (Å²) in [5, 5.41) is 12.4. The third-order valence-electron chi connectivity index (χ3n) is 4.62. The van der Waals surface area contributed by atoms with E-state index in [-0.39, 0.29) is 23.3 Å². The lowest BCUT2D eigenvalue weighted by atomic mass is 9.83. The van der Waals surface area contributed by atoms with Crippen LogP contribution in [0.4, 0.5) is 0 Å². The van der Waals surface area contributed by atoms with Gasteiger partial charge in [-0.3, -0.25) is 9.59 Å². The highest BCUT2D eigenvalue weighted by molar-refractivity contribution is 5.87. The van der Waals surface area contributed by atoms with Crippen LogP contribution in [0, 0.1) is 11.8 Å². The highest BCUT2D eigenvalue weighted by atomic mass is 16.4. The summed E-state index contributed by atoms with van der Waals surface area (Å²) in [6, 6.07) is 0. The third-order valence-corrected chi connectivity index (χ3v) is 4.62. The lowest BCUT2D eigenvalue weighted by Gasteiger charge is -2.45. The molecule has 5 heteroatoms. The highest BCUT2D eigenvalue weighted by Gasteiger charge is 2.47. The summed E-state index contributed by atoms with van der Waals surface area (Å²) in [4.78, 5) is 25.3. The second-order valence-electron chi connectivity index (χ2n) is 5.96. The molecule has 108 valence electrons. The number of hydrogen-bond acceptors (Lipinski definition) is 3. The fourth-order valence-electron chi connectivity index (χ4n) is 3.23. The fourth-order valence-corrected chi connectivity index (χ4v) is 3.23. The molecule has 19 heavy (non-hydrogen) atoms. The number of hydrogen-bond donors (Lipinski definition) is 2. The maximum Gasteiger partial charge on any atom is 0.306 e. The molecule has 2 heterocycles. The molecule has 0 aromatic heterocycles. The predicted molar refractivity (Wildman–Crippen MR) is 71.7 cm³/mol. The predicted octanol–water partition coefficient (Wildman–Crippen LogP) is 1.09. The van der Waals surface area contributed by atoms with Crippen LogP contribution in [0.5, 0.6) is 0 Å². The quantitative estimate of drug-likeness (QED) is 0.783. The van der Waals surface area contributed by atoms with E-state index in [9.17, 15) is 9.59 Å². The first-order valence-corrected chi connectivity index (χ1v) is 7.27. The number of carbonyl (C=O) groups is 2. The summed E-state index contributed by atoms with van der Waals surface area (Å²) in [6.07, 6.45) is 3.83. The van der Waals surface area contributed by atoms with Gasteiger partial charge in [0.25, 0.3) is 0 Å². The van der Waals surface area contributed by atoms with Crippen molar-refractivity contribution in [2.75, 3.05) is 19.6 Å².